The second-order valence-electron chi connectivity index (χ2n) is 8.93. The van der Waals surface area contributed by atoms with Crippen LogP contribution in [0.1, 0.15) is 48.4 Å². The summed E-state index contributed by atoms with van der Waals surface area (Å²) in [6.45, 7) is 8.17. The molecule has 2 unspecified atom stereocenters. The molecule has 0 radical (unpaired) electrons. The van der Waals surface area contributed by atoms with E-state index in [9.17, 15) is 0 Å². The number of hydrogen-bond donors (Lipinski definition) is 1. The number of aliphatic hydroxyl groups is 1. The van der Waals surface area contributed by atoms with E-state index < -0.39 is 0 Å². The Morgan fingerprint density at radius 2 is 1.91 bits per heavy atom. The van der Waals surface area contributed by atoms with Gasteiger partial charge in [-0.15, -0.1) is 0 Å². The molecule has 0 aromatic heterocycles. The molecule has 2 aromatic rings. The third-order valence-electron chi connectivity index (χ3n) is 7.14. The van der Waals surface area contributed by atoms with E-state index in [1.165, 1.54) is 41.6 Å². The number of ether oxygens (including phenoxy) is 2. The van der Waals surface area contributed by atoms with Crippen LogP contribution in [-0.2, 0) is 0 Å². The van der Waals surface area contributed by atoms with E-state index in [1.54, 1.807) is 7.11 Å². The SMILES string of the molecule is COc1cc(N2CCN3C(CCCC3c3ccc(OCCCO)c(C)c3C)C2)ccc1Cl. The summed E-state index contributed by atoms with van der Waals surface area (Å²) in [5.74, 6) is 1.68. The first kappa shape index (κ1) is 23.2. The van der Waals surface area contributed by atoms with Crippen molar-refractivity contribution in [1.82, 2.24) is 4.90 Å². The van der Waals surface area contributed by atoms with Gasteiger partial charge in [0.1, 0.15) is 11.5 Å². The van der Waals surface area contributed by atoms with Crippen molar-refractivity contribution >= 4 is 17.3 Å². The topological polar surface area (TPSA) is 45.2 Å². The third-order valence-corrected chi connectivity index (χ3v) is 7.45. The van der Waals surface area contributed by atoms with Gasteiger partial charge >= 0.3 is 0 Å². The summed E-state index contributed by atoms with van der Waals surface area (Å²) < 4.78 is 11.3. The third kappa shape index (κ3) is 4.70. The average molecular weight is 459 g/mol. The molecule has 0 bridgehead atoms. The van der Waals surface area contributed by atoms with Crippen molar-refractivity contribution in [1.29, 1.82) is 0 Å². The van der Waals surface area contributed by atoms with Gasteiger partial charge in [-0.2, -0.15) is 0 Å². The molecular weight excluding hydrogens is 424 g/mol. The number of methoxy groups -OCH3 is 1. The van der Waals surface area contributed by atoms with Crippen molar-refractivity contribution < 1.29 is 14.6 Å². The quantitative estimate of drug-likeness (QED) is 0.582. The predicted molar refractivity (Wildman–Crippen MR) is 130 cm³/mol. The number of piperazine rings is 1. The van der Waals surface area contributed by atoms with Gasteiger partial charge in [0, 0.05) is 56.5 Å². The summed E-state index contributed by atoms with van der Waals surface area (Å²) in [6, 6.07) is 11.5. The summed E-state index contributed by atoms with van der Waals surface area (Å²) in [5.41, 5.74) is 5.17. The van der Waals surface area contributed by atoms with Crippen molar-refractivity contribution in [2.75, 3.05) is 44.9 Å². The maximum atomic E-state index is 9.02. The van der Waals surface area contributed by atoms with Crippen molar-refractivity contribution in [2.45, 2.75) is 51.6 Å². The van der Waals surface area contributed by atoms with Crippen LogP contribution in [0.4, 0.5) is 5.69 Å². The lowest BCUT2D eigenvalue weighted by Crippen LogP contribution is -2.56. The molecule has 2 aromatic carbocycles. The molecule has 2 atom stereocenters. The number of benzene rings is 2. The van der Waals surface area contributed by atoms with Crippen LogP contribution in [-0.4, -0.2) is 56.0 Å². The minimum atomic E-state index is 0.161. The highest BCUT2D eigenvalue weighted by molar-refractivity contribution is 6.32. The van der Waals surface area contributed by atoms with Crippen molar-refractivity contribution in [2.24, 2.45) is 0 Å². The predicted octanol–water partition coefficient (Wildman–Crippen LogP) is 5.14. The number of piperidine rings is 1. The Hall–Kier alpha value is -1.95. The summed E-state index contributed by atoms with van der Waals surface area (Å²) in [5, 5.41) is 9.68. The van der Waals surface area contributed by atoms with Crippen LogP contribution in [0.15, 0.2) is 30.3 Å². The summed E-state index contributed by atoms with van der Waals surface area (Å²) >= 11 is 6.24. The first-order chi connectivity index (χ1) is 15.5. The Balaban J connectivity index is 1.50. The molecule has 2 aliphatic rings. The van der Waals surface area contributed by atoms with Crippen molar-refractivity contribution in [3.8, 4) is 11.5 Å². The van der Waals surface area contributed by atoms with E-state index >= 15 is 0 Å². The van der Waals surface area contributed by atoms with Crippen LogP contribution < -0.4 is 14.4 Å². The molecule has 0 aliphatic carbocycles. The highest BCUT2D eigenvalue weighted by Crippen LogP contribution is 2.40. The fraction of sp³-hybridized carbons (Fsp3) is 0.538. The first-order valence-corrected chi connectivity index (χ1v) is 12.1. The van der Waals surface area contributed by atoms with Crippen molar-refractivity contribution in [3.05, 3.63) is 52.0 Å². The lowest BCUT2D eigenvalue weighted by molar-refractivity contribution is 0.0712. The zero-order valence-electron chi connectivity index (χ0n) is 19.4. The van der Waals surface area contributed by atoms with Gasteiger partial charge in [0.25, 0.3) is 0 Å². The molecular formula is C26H35ClN2O3. The monoisotopic (exact) mass is 458 g/mol. The number of hydrogen-bond acceptors (Lipinski definition) is 5. The minimum absolute atomic E-state index is 0.161. The molecule has 2 aliphatic heterocycles. The van der Waals surface area contributed by atoms with Gasteiger partial charge in [-0.3, -0.25) is 4.90 Å². The van der Waals surface area contributed by atoms with Crippen LogP contribution in [0.2, 0.25) is 5.02 Å². The highest BCUT2D eigenvalue weighted by Gasteiger charge is 2.36. The molecule has 4 rings (SSSR count). The molecule has 1 N–H and O–H groups in total. The summed E-state index contributed by atoms with van der Waals surface area (Å²) in [4.78, 5) is 5.19. The molecule has 2 fully saturated rings. The second-order valence-corrected chi connectivity index (χ2v) is 9.34. The van der Waals surface area contributed by atoms with E-state index in [0.29, 0.717) is 30.1 Å². The Morgan fingerprint density at radius 1 is 1.06 bits per heavy atom. The smallest absolute Gasteiger partial charge is 0.139 e. The Labute approximate surface area is 196 Å². The number of rotatable bonds is 7. The second kappa shape index (κ2) is 10.3. The molecule has 6 heteroatoms. The van der Waals surface area contributed by atoms with Crippen LogP contribution in [0, 0.1) is 13.8 Å². The van der Waals surface area contributed by atoms with E-state index in [1.807, 2.05) is 6.07 Å². The van der Waals surface area contributed by atoms with Crippen molar-refractivity contribution in [3.63, 3.8) is 0 Å². The van der Waals surface area contributed by atoms with Gasteiger partial charge in [0.05, 0.1) is 18.7 Å². The fourth-order valence-corrected chi connectivity index (χ4v) is 5.44. The maximum Gasteiger partial charge on any atom is 0.139 e. The molecule has 0 spiro atoms. The number of halogens is 1. The highest BCUT2D eigenvalue weighted by atomic mass is 35.5. The number of nitrogens with zero attached hydrogens (tertiary/aromatic N) is 2. The van der Waals surface area contributed by atoms with Crippen LogP contribution in [0.5, 0.6) is 11.5 Å². The molecule has 0 saturated carbocycles. The minimum Gasteiger partial charge on any atom is -0.495 e. The lowest BCUT2D eigenvalue weighted by Gasteiger charge is -2.49. The molecule has 5 nitrogen and oxygen atoms in total. The van der Waals surface area contributed by atoms with Gasteiger partial charge in [-0.25, -0.2) is 0 Å². The fourth-order valence-electron chi connectivity index (χ4n) is 5.24. The van der Waals surface area contributed by atoms with E-state index in [4.69, 9.17) is 26.2 Å². The largest absolute Gasteiger partial charge is 0.495 e. The molecule has 2 heterocycles. The number of anilines is 1. The van der Waals surface area contributed by atoms with Gasteiger partial charge in [-0.05, 0) is 68.0 Å². The molecule has 174 valence electrons. The summed E-state index contributed by atoms with van der Waals surface area (Å²) in [7, 11) is 1.67. The molecule has 0 amide bonds. The first-order valence-electron chi connectivity index (χ1n) is 11.7. The van der Waals surface area contributed by atoms with Gasteiger partial charge < -0.3 is 19.5 Å². The number of aliphatic hydroxyl groups excluding tert-OH is 1. The molecule has 2 saturated heterocycles. The summed E-state index contributed by atoms with van der Waals surface area (Å²) in [6.07, 6.45) is 4.35. The van der Waals surface area contributed by atoms with Gasteiger partial charge in [-0.1, -0.05) is 17.7 Å². The standard InChI is InChI=1S/C26H35ClN2O3/c1-18-19(2)25(32-15-5-14-30)11-9-22(18)24-7-4-6-21-17-28(12-13-29(21)24)20-8-10-23(27)26(16-20)31-3/h8-11,16,21,24,30H,4-7,12-15,17H2,1-3H3. The maximum absolute atomic E-state index is 9.02. The van der Waals surface area contributed by atoms with Crippen LogP contribution in [0.3, 0.4) is 0 Å². The Bertz CT molecular complexity index is 936. The van der Waals surface area contributed by atoms with E-state index in [-0.39, 0.29) is 6.61 Å². The zero-order chi connectivity index (χ0) is 22.7. The Morgan fingerprint density at radius 3 is 2.69 bits per heavy atom. The van der Waals surface area contributed by atoms with Crippen LogP contribution >= 0.6 is 11.6 Å². The number of fused-ring (bicyclic) bond motifs is 1. The normalized spacial score (nSPS) is 21.3. The van der Waals surface area contributed by atoms with E-state index in [2.05, 4.69) is 47.9 Å². The van der Waals surface area contributed by atoms with Crippen LogP contribution in [0.25, 0.3) is 0 Å². The molecule has 32 heavy (non-hydrogen) atoms. The van der Waals surface area contributed by atoms with E-state index in [0.717, 1.165) is 31.1 Å². The average Bonchev–Trinajstić information content (AvgIpc) is 2.82. The van der Waals surface area contributed by atoms with Gasteiger partial charge in [0.15, 0.2) is 0 Å². The Kier molecular flexibility index (Phi) is 7.49. The van der Waals surface area contributed by atoms with Gasteiger partial charge in [0.2, 0.25) is 0 Å². The lowest BCUT2D eigenvalue weighted by atomic mass is 9.86. The zero-order valence-corrected chi connectivity index (χ0v) is 20.2.